The third-order valence-electron chi connectivity index (χ3n) is 3.63. The molecule has 0 radical (unpaired) electrons. The van der Waals surface area contributed by atoms with Gasteiger partial charge in [0.15, 0.2) is 0 Å². The first-order valence-electron chi connectivity index (χ1n) is 8.85. The lowest BCUT2D eigenvalue weighted by Gasteiger charge is -2.05. The number of phosphoric ester groups is 1. The predicted octanol–water partition coefficient (Wildman–Crippen LogP) is 4.51. The van der Waals surface area contributed by atoms with Gasteiger partial charge in [0.1, 0.15) is 0 Å². The average molecular weight is 364 g/mol. The topological polar surface area (TPSA) is 93.1 Å². The van der Waals surface area contributed by atoms with Gasteiger partial charge >= 0.3 is 13.8 Å². The Bertz CT molecular complexity index is 391. The molecule has 0 saturated carbocycles. The van der Waals surface area contributed by atoms with E-state index in [1.54, 1.807) is 6.92 Å². The predicted molar refractivity (Wildman–Crippen MR) is 94.6 cm³/mol. The Morgan fingerprint density at radius 3 is 1.58 bits per heavy atom. The second kappa shape index (κ2) is 14.6. The molecule has 2 N–H and O–H groups in total. The van der Waals surface area contributed by atoms with Gasteiger partial charge in [-0.05, 0) is 19.8 Å². The summed E-state index contributed by atoms with van der Waals surface area (Å²) in [6.07, 6.45) is 11.9. The van der Waals surface area contributed by atoms with Crippen LogP contribution in [0.4, 0.5) is 0 Å². The molecule has 0 aliphatic heterocycles. The highest BCUT2D eigenvalue weighted by Gasteiger charge is 2.12. The molecule has 0 amide bonds. The van der Waals surface area contributed by atoms with E-state index >= 15 is 0 Å². The van der Waals surface area contributed by atoms with Crippen molar-refractivity contribution in [2.75, 3.05) is 13.2 Å². The third-order valence-corrected chi connectivity index (χ3v) is 4.15. The number of hydrogen-bond donors (Lipinski definition) is 2. The van der Waals surface area contributed by atoms with Crippen LogP contribution < -0.4 is 0 Å². The molecule has 0 aromatic carbocycles. The van der Waals surface area contributed by atoms with E-state index in [2.05, 4.69) is 11.1 Å². The van der Waals surface area contributed by atoms with Gasteiger partial charge in [0, 0.05) is 5.57 Å². The molecule has 6 nitrogen and oxygen atoms in total. The maximum Gasteiger partial charge on any atom is 0.469 e. The summed E-state index contributed by atoms with van der Waals surface area (Å²) in [6.45, 7) is 5.80. The Balaban J connectivity index is 3.14. The molecule has 0 heterocycles. The Kier molecular flexibility index (Phi) is 14.2. The van der Waals surface area contributed by atoms with E-state index in [0.29, 0.717) is 18.6 Å². The van der Waals surface area contributed by atoms with E-state index in [1.807, 2.05) is 0 Å². The van der Waals surface area contributed by atoms with Crippen LogP contribution in [0.1, 0.15) is 77.6 Å². The highest BCUT2D eigenvalue weighted by Crippen LogP contribution is 2.35. The number of phosphoric acid groups is 1. The summed E-state index contributed by atoms with van der Waals surface area (Å²) in [4.78, 5) is 28.2. The van der Waals surface area contributed by atoms with Gasteiger partial charge in [0.25, 0.3) is 0 Å². The molecule has 0 aromatic rings. The zero-order valence-electron chi connectivity index (χ0n) is 14.9. The summed E-state index contributed by atoms with van der Waals surface area (Å²) in [5.74, 6) is -0.303. The van der Waals surface area contributed by atoms with Crippen molar-refractivity contribution in [3.63, 3.8) is 0 Å². The maximum absolute atomic E-state index is 11.1. The summed E-state index contributed by atoms with van der Waals surface area (Å²) in [7, 11) is -4.29. The highest BCUT2D eigenvalue weighted by atomic mass is 31.2. The number of rotatable bonds is 16. The lowest BCUT2D eigenvalue weighted by atomic mass is 10.1. The van der Waals surface area contributed by atoms with E-state index < -0.39 is 7.82 Å². The zero-order valence-corrected chi connectivity index (χ0v) is 15.8. The van der Waals surface area contributed by atoms with E-state index in [0.717, 1.165) is 32.1 Å². The first-order valence-corrected chi connectivity index (χ1v) is 10.4. The second-order valence-electron chi connectivity index (χ2n) is 6.13. The molecule has 7 heteroatoms. The van der Waals surface area contributed by atoms with Crippen LogP contribution in [0.5, 0.6) is 0 Å². The Morgan fingerprint density at radius 2 is 1.21 bits per heavy atom. The Hall–Kier alpha value is -0.680. The first-order chi connectivity index (χ1) is 11.3. The fourth-order valence-electron chi connectivity index (χ4n) is 2.27. The summed E-state index contributed by atoms with van der Waals surface area (Å²) in [6, 6.07) is 0. The van der Waals surface area contributed by atoms with Crippen molar-refractivity contribution in [3.05, 3.63) is 12.2 Å². The largest absolute Gasteiger partial charge is 0.469 e. The minimum atomic E-state index is -4.29. The first kappa shape index (κ1) is 23.3. The number of hydrogen-bond acceptors (Lipinski definition) is 4. The van der Waals surface area contributed by atoms with Crippen molar-refractivity contribution in [3.8, 4) is 0 Å². The SMILES string of the molecule is C=C(C)C(=O)OCCCCCCCCCCCCCOP(=O)(O)O. The minimum Gasteiger partial charge on any atom is -0.462 e. The molecule has 0 aliphatic rings. The summed E-state index contributed by atoms with van der Waals surface area (Å²) in [5, 5.41) is 0. The molecule has 0 spiro atoms. The molecule has 0 rings (SSSR count). The highest BCUT2D eigenvalue weighted by molar-refractivity contribution is 7.46. The van der Waals surface area contributed by atoms with Crippen LogP contribution in [0.15, 0.2) is 12.2 Å². The van der Waals surface area contributed by atoms with Crippen LogP contribution in [0.2, 0.25) is 0 Å². The molecule has 0 fully saturated rings. The van der Waals surface area contributed by atoms with Crippen molar-refractivity contribution in [1.29, 1.82) is 0 Å². The number of esters is 1. The maximum atomic E-state index is 11.1. The van der Waals surface area contributed by atoms with Crippen LogP contribution in [0, 0.1) is 0 Å². The number of ether oxygens (including phenoxy) is 1. The van der Waals surface area contributed by atoms with E-state index in [1.165, 1.54) is 32.1 Å². The van der Waals surface area contributed by atoms with E-state index in [4.69, 9.17) is 14.5 Å². The number of carbonyl (C=O) groups is 1. The Labute approximate surface area is 145 Å². The molecule has 142 valence electrons. The molecule has 0 aliphatic carbocycles. The van der Waals surface area contributed by atoms with Crippen LogP contribution >= 0.6 is 7.82 Å². The standard InChI is InChI=1S/C17H33O6P/c1-16(2)17(18)22-14-12-10-8-6-4-3-5-7-9-11-13-15-23-24(19,20)21/h1,3-15H2,2H3,(H2,19,20,21). The molecule has 24 heavy (non-hydrogen) atoms. The molecule has 0 aromatic heterocycles. The minimum absolute atomic E-state index is 0.131. The van der Waals surface area contributed by atoms with Crippen molar-refractivity contribution < 1.29 is 28.4 Å². The van der Waals surface area contributed by atoms with Crippen molar-refractivity contribution in [2.45, 2.75) is 77.6 Å². The fraction of sp³-hybridized carbons (Fsp3) is 0.824. The number of unbranched alkanes of at least 4 members (excludes halogenated alkanes) is 10. The lowest BCUT2D eigenvalue weighted by molar-refractivity contribution is -0.139. The monoisotopic (exact) mass is 364 g/mol. The Morgan fingerprint density at radius 1 is 0.833 bits per heavy atom. The van der Waals surface area contributed by atoms with Crippen LogP contribution in [0.3, 0.4) is 0 Å². The van der Waals surface area contributed by atoms with Gasteiger partial charge in [0.05, 0.1) is 13.2 Å². The number of carbonyl (C=O) groups excluding carboxylic acids is 1. The van der Waals surface area contributed by atoms with Gasteiger partial charge in [0.2, 0.25) is 0 Å². The molecule has 0 bridgehead atoms. The normalized spacial score (nSPS) is 11.5. The van der Waals surface area contributed by atoms with Crippen molar-refractivity contribution in [2.24, 2.45) is 0 Å². The third kappa shape index (κ3) is 17.7. The van der Waals surface area contributed by atoms with Gasteiger partial charge in [-0.2, -0.15) is 0 Å². The van der Waals surface area contributed by atoms with Gasteiger partial charge in [-0.3, -0.25) is 4.52 Å². The molecule has 0 atom stereocenters. The summed E-state index contributed by atoms with van der Waals surface area (Å²) in [5.41, 5.74) is 0.448. The van der Waals surface area contributed by atoms with E-state index in [-0.39, 0.29) is 12.6 Å². The average Bonchev–Trinajstić information content (AvgIpc) is 2.49. The van der Waals surface area contributed by atoms with Crippen molar-refractivity contribution >= 4 is 13.8 Å². The quantitative estimate of drug-likeness (QED) is 0.181. The summed E-state index contributed by atoms with van der Waals surface area (Å²) >= 11 is 0. The van der Waals surface area contributed by atoms with E-state index in [9.17, 15) is 9.36 Å². The lowest BCUT2D eigenvalue weighted by Crippen LogP contribution is -2.05. The van der Waals surface area contributed by atoms with Gasteiger partial charge < -0.3 is 14.5 Å². The van der Waals surface area contributed by atoms with Crippen LogP contribution in [-0.2, 0) is 18.6 Å². The van der Waals surface area contributed by atoms with Gasteiger partial charge in [-0.25, -0.2) is 9.36 Å². The smallest absolute Gasteiger partial charge is 0.462 e. The van der Waals surface area contributed by atoms with Crippen molar-refractivity contribution in [1.82, 2.24) is 0 Å². The summed E-state index contributed by atoms with van der Waals surface area (Å²) < 4.78 is 19.9. The fourth-order valence-corrected chi connectivity index (χ4v) is 2.63. The van der Waals surface area contributed by atoms with Crippen LogP contribution in [0.25, 0.3) is 0 Å². The molecular formula is C17H33O6P. The molecule has 0 saturated heterocycles. The molecule has 0 unspecified atom stereocenters. The van der Waals surface area contributed by atoms with Gasteiger partial charge in [-0.15, -0.1) is 0 Å². The van der Waals surface area contributed by atoms with Gasteiger partial charge in [-0.1, -0.05) is 64.4 Å². The zero-order chi connectivity index (χ0) is 18.3. The molecular weight excluding hydrogens is 331 g/mol. The van der Waals surface area contributed by atoms with Crippen LogP contribution in [-0.4, -0.2) is 29.0 Å². The second-order valence-corrected chi connectivity index (χ2v) is 7.37.